The van der Waals surface area contributed by atoms with Crippen molar-refractivity contribution in [3.8, 4) is 11.3 Å². The quantitative estimate of drug-likeness (QED) is 0.571. The fraction of sp³-hybridized carbons (Fsp3) is 0.455. The SMILES string of the molecule is CCCn1c(N)c(-c2c[nH][n+]3c2NCC3)[nH]c1=O. The largest absolute Gasteiger partial charge is 0.383 e. The average molecular weight is 249 g/mol. The highest BCUT2D eigenvalue weighted by Gasteiger charge is 2.27. The first-order chi connectivity index (χ1) is 8.72. The normalized spacial score (nSPS) is 13.6. The van der Waals surface area contributed by atoms with Crippen molar-refractivity contribution in [1.82, 2.24) is 14.6 Å². The zero-order valence-electron chi connectivity index (χ0n) is 10.3. The summed E-state index contributed by atoms with van der Waals surface area (Å²) in [5.74, 6) is 1.48. The van der Waals surface area contributed by atoms with Gasteiger partial charge >= 0.3 is 11.5 Å². The van der Waals surface area contributed by atoms with Gasteiger partial charge in [-0.25, -0.2) is 9.89 Å². The van der Waals surface area contributed by atoms with Gasteiger partial charge in [0.05, 0.1) is 6.20 Å². The summed E-state index contributed by atoms with van der Waals surface area (Å²) in [5, 5.41) is 6.42. The molecule has 7 heteroatoms. The fourth-order valence-corrected chi connectivity index (χ4v) is 2.40. The Bertz CT molecular complexity index is 634. The van der Waals surface area contributed by atoms with Crippen molar-refractivity contribution >= 4 is 11.6 Å². The van der Waals surface area contributed by atoms with Crippen LogP contribution in [0.2, 0.25) is 0 Å². The van der Waals surface area contributed by atoms with Crippen LogP contribution in [0.4, 0.5) is 11.6 Å². The molecule has 1 aliphatic heterocycles. The molecule has 0 saturated heterocycles. The summed E-state index contributed by atoms with van der Waals surface area (Å²) in [6, 6.07) is 0. The van der Waals surface area contributed by atoms with Gasteiger partial charge in [0.25, 0.3) is 0 Å². The molecule has 0 saturated carbocycles. The number of aromatic amines is 2. The van der Waals surface area contributed by atoms with E-state index in [1.807, 2.05) is 17.8 Å². The molecule has 0 fully saturated rings. The highest BCUT2D eigenvalue weighted by molar-refractivity contribution is 5.77. The Labute approximate surface area is 104 Å². The lowest BCUT2D eigenvalue weighted by molar-refractivity contribution is -0.725. The number of nitrogens with zero attached hydrogens (tertiary/aromatic N) is 2. The summed E-state index contributed by atoms with van der Waals surface area (Å²) in [6.45, 7) is 4.44. The minimum absolute atomic E-state index is 0.151. The highest BCUT2D eigenvalue weighted by atomic mass is 16.1. The maximum absolute atomic E-state index is 11.8. The Morgan fingerprint density at radius 3 is 3.17 bits per heavy atom. The number of H-pyrrole nitrogens is 2. The molecule has 0 radical (unpaired) electrons. The smallest absolute Gasteiger partial charge is 0.327 e. The lowest BCUT2D eigenvalue weighted by atomic mass is 10.2. The number of hydrogen-bond acceptors (Lipinski definition) is 3. The minimum Gasteiger partial charge on any atom is -0.383 e. The van der Waals surface area contributed by atoms with Gasteiger partial charge in [-0.05, 0) is 6.42 Å². The minimum atomic E-state index is -0.151. The van der Waals surface area contributed by atoms with Crippen molar-refractivity contribution in [2.75, 3.05) is 17.6 Å². The van der Waals surface area contributed by atoms with Gasteiger partial charge in [-0.15, -0.1) is 0 Å². The third-order valence-corrected chi connectivity index (χ3v) is 3.26. The highest BCUT2D eigenvalue weighted by Crippen LogP contribution is 2.28. The number of aromatic nitrogens is 4. The van der Waals surface area contributed by atoms with Gasteiger partial charge in [0.1, 0.15) is 30.2 Å². The molecule has 0 unspecified atom stereocenters. The molecule has 18 heavy (non-hydrogen) atoms. The molecular formula is C11H17N6O+. The predicted octanol–water partition coefficient (Wildman–Crippen LogP) is -0.123. The molecule has 2 aromatic rings. The Hall–Kier alpha value is -2.18. The number of nitrogen functional groups attached to an aromatic ring is 1. The average Bonchev–Trinajstić information content (AvgIpc) is 2.99. The van der Waals surface area contributed by atoms with Gasteiger partial charge in [0, 0.05) is 6.54 Å². The summed E-state index contributed by atoms with van der Waals surface area (Å²) in [5.41, 5.74) is 7.51. The van der Waals surface area contributed by atoms with Crippen LogP contribution in [0.5, 0.6) is 0 Å². The first-order valence-electron chi connectivity index (χ1n) is 6.16. The van der Waals surface area contributed by atoms with E-state index >= 15 is 0 Å². The number of imidazole rings is 1. The van der Waals surface area contributed by atoms with Crippen molar-refractivity contribution in [2.45, 2.75) is 26.4 Å². The van der Waals surface area contributed by atoms with Gasteiger partial charge < -0.3 is 10.7 Å². The van der Waals surface area contributed by atoms with Gasteiger partial charge in [-0.1, -0.05) is 6.92 Å². The zero-order valence-corrected chi connectivity index (χ0v) is 10.3. The van der Waals surface area contributed by atoms with Crippen LogP contribution in [0.3, 0.4) is 0 Å². The maximum atomic E-state index is 11.8. The van der Waals surface area contributed by atoms with Crippen LogP contribution in [0.15, 0.2) is 11.0 Å². The van der Waals surface area contributed by atoms with E-state index in [2.05, 4.69) is 15.4 Å². The van der Waals surface area contributed by atoms with Gasteiger partial charge in [0.15, 0.2) is 0 Å². The summed E-state index contributed by atoms with van der Waals surface area (Å²) >= 11 is 0. The van der Waals surface area contributed by atoms with Gasteiger partial charge in [0.2, 0.25) is 0 Å². The third kappa shape index (κ3) is 1.43. The second-order valence-electron chi connectivity index (χ2n) is 4.46. The number of nitrogens with two attached hydrogens (primary N) is 1. The van der Waals surface area contributed by atoms with Gasteiger partial charge in [-0.3, -0.25) is 9.88 Å². The summed E-state index contributed by atoms with van der Waals surface area (Å²) < 4.78 is 3.58. The monoisotopic (exact) mass is 249 g/mol. The molecule has 2 aromatic heterocycles. The van der Waals surface area contributed by atoms with E-state index in [1.165, 1.54) is 0 Å². The number of hydrogen-bond donors (Lipinski definition) is 4. The second-order valence-corrected chi connectivity index (χ2v) is 4.46. The first kappa shape index (κ1) is 10.9. The van der Waals surface area contributed by atoms with Crippen LogP contribution < -0.4 is 21.4 Å². The molecule has 0 bridgehead atoms. The number of nitrogens with one attached hydrogen (secondary N) is 3. The molecule has 0 amide bonds. The standard InChI is InChI=1S/C11H16N6O/c1-2-4-16-9(12)8(15-11(16)18)7-6-14-17-5-3-13-10(7)17/h6H,2-5,12H2,1H3,(H2,13,14,15,18)/p+1. The number of fused-ring (bicyclic) bond motifs is 1. The Kier molecular flexibility index (Phi) is 2.39. The summed E-state index contributed by atoms with van der Waals surface area (Å²) in [6.07, 6.45) is 2.74. The van der Waals surface area contributed by atoms with Crippen LogP contribution in [0.25, 0.3) is 11.3 Å². The van der Waals surface area contributed by atoms with Crippen molar-refractivity contribution in [3.05, 3.63) is 16.7 Å². The molecule has 0 spiro atoms. The van der Waals surface area contributed by atoms with E-state index < -0.39 is 0 Å². The lowest BCUT2D eigenvalue weighted by Gasteiger charge is -2.01. The van der Waals surface area contributed by atoms with E-state index in [1.54, 1.807) is 4.57 Å². The van der Waals surface area contributed by atoms with Gasteiger partial charge in [-0.2, -0.15) is 4.68 Å². The predicted molar refractivity (Wildman–Crippen MR) is 68.2 cm³/mol. The molecule has 7 nitrogen and oxygen atoms in total. The molecule has 96 valence electrons. The summed E-state index contributed by atoms with van der Waals surface area (Å²) in [4.78, 5) is 14.7. The number of rotatable bonds is 3. The van der Waals surface area contributed by atoms with E-state index in [0.29, 0.717) is 18.1 Å². The van der Waals surface area contributed by atoms with E-state index in [4.69, 9.17) is 5.73 Å². The molecule has 0 aliphatic carbocycles. The van der Waals surface area contributed by atoms with Crippen molar-refractivity contribution in [3.63, 3.8) is 0 Å². The molecule has 3 rings (SSSR count). The zero-order chi connectivity index (χ0) is 12.7. The molecule has 5 N–H and O–H groups in total. The lowest BCUT2D eigenvalue weighted by Crippen LogP contribution is -2.32. The van der Waals surface area contributed by atoms with Crippen molar-refractivity contribution in [2.24, 2.45) is 0 Å². The second kappa shape index (κ2) is 3.94. The summed E-state index contributed by atoms with van der Waals surface area (Å²) in [7, 11) is 0. The van der Waals surface area contributed by atoms with Crippen LogP contribution in [-0.4, -0.2) is 21.2 Å². The first-order valence-corrected chi connectivity index (χ1v) is 6.16. The Morgan fingerprint density at radius 2 is 2.39 bits per heavy atom. The maximum Gasteiger partial charge on any atom is 0.327 e. The third-order valence-electron chi connectivity index (χ3n) is 3.26. The molecule has 3 heterocycles. The van der Waals surface area contributed by atoms with Crippen LogP contribution >= 0.6 is 0 Å². The molecule has 1 aliphatic rings. The van der Waals surface area contributed by atoms with Crippen LogP contribution in [0.1, 0.15) is 13.3 Å². The molecule has 0 atom stereocenters. The van der Waals surface area contributed by atoms with E-state index in [9.17, 15) is 4.79 Å². The molecular weight excluding hydrogens is 232 g/mol. The number of anilines is 2. The molecule has 0 aromatic carbocycles. The van der Waals surface area contributed by atoms with Crippen molar-refractivity contribution < 1.29 is 4.68 Å². The van der Waals surface area contributed by atoms with E-state index in [-0.39, 0.29) is 5.69 Å². The van der Waals surface area contributed by atoms with Crippen LogP contribution in [-0.2, 0) is 13.1 Å². The van der Waals surface area contributed by atoms with Crippen molar-refractivity contribution in [1.29, 1.82) is 0 Å². The Morgan fingerprint density at radius 1 is 1.56 bits per heavy atom. The van der Waals surface area contributed by atoms with Crippen LogP contribution in [0, 0.1) is 0 Å². The topological polar surface area (TPSA) is 95.5 Å². The Balaban J connectivity index is 2.12. The fourth-order valence-electron chi connectivity index (χ4n) is 2.40. The van der Waals surface area contributed by atoms with E-state index in [0.717, 1.165) is 30.9 Å².